The van der Waals surface area contributed by atoms with Crippen LogP contribution >= 0.6 is 0 Å². The molecule has 2 aliphatic heterocycles. The van der Waals surface area contributed by atoms with Gasteiger partial charge in [0.2, 0.25) is 5.91 Å². The number of urea groups is 1. The Morgan fingerprint density at radius 3 is 2.52 bits per heavy atom. The molecule has 4 amide bonds. The van der Waals surface area contributed by atoms with Crippen LogP contribution in [0.15, 0.2) is 48.5 Å². The molecule has 1 atom stereocenters. The number of imide groups is 1. The van der Waals surface area contributed by atoms with E-state index in [-0.39, 0.29) is 23.9 Å². The molecule has 4 rings (SSSR count). The summed E-state index contributed by atoms with van der Waals surface area (Å²) in [6.07, 6.45) is 3.32. The van der Waals surface area contributed by atoms with E-state index in [2.05, 4.69) is 5.32 Å². The van der Waals surface area contributed by atoms with Crippen LogP contribution in [0.25, 0.3) is 0 Å². The van der Waals surface area contributed by atoms with E-state index in [0.717, 1.165) is 36.0 Å². The monoisotopic (exact) mass is 419 g/mol. The minimum Gasteiger partial charge on any atom is -0.352 e. The molecule has 31 heavy (non-hydrogen) atoms. The molecule has 0 aliphatic carbocycles. The maximum absolute atomic E-state index is 12.8. The van der Waals surface area contributed by atoms with Crippen molar-refractivity contribution >= 4 is 17.8 Å². The van der Waals surface area contributed by atoms with Crippen LogP contribution in [0.3, 0.4) is 0 Å². The van der Waals surface area contributed by atoms with Gasteiger partial charge in [0.25, 0.3) is 5.91 Å². The predicted molar refractivity (Wildman–Crippen MR) is 118 cm³/mol. The van der Waals surface area contributed by atoms with Crippen molar-refractivity contribution in [2.45, 2.75) is 58.2 Å². The van der Waals surface area contributed by atoms with Gasteiger partial charge in [0.1, 0.15) is 6.04 Å². The van der Waals surface area contributed by atoms with Gasteiger partial charge in [-0.25, -0.2) is 4.79 Å². The van der Waals surface area contributed by atoms with Crippen LogP contribution in [0.5, 0.6) is 0 Å². The molecule has 1 saturated heterocycles. The fourth-order valence-corrected chi connectivity index (χ4v) is 4.31. The molecule has 0 radical (unpaired) electrons. The van der Waals surface area contributed by atoms with E-state index in [1.165, 1.54) is 10.5 Å². The van der Waals surface area contributed by atoms with Crippen LogP contribution in [-0.2, 0) is 29.1 Å². The Hall–Kier alpha value is -3.15. The van der Waals surface area contributed by atoms with Crippen LogP contribution in [0.4, 0.5) is 4.79 Å². The first-order valence-corrected chi connectivity index (χ1v) is 11.0. The Morgan fingerprint density at radius 2 is 1.74 bits per heavy atom. The molecule has 1 unspecified atom stereocenters. The first kappa shape index (κ1) is 21.1. The number of benzene rings is 2. The molecule has 2 aromatic rings. The standard InChI is InChI=1S/C25H29N3O3/c1-18-10-12-19(13-11-18)16-26-23(29)9-3-2-6-14-27-24(30)22-15-20-7-4-5-8-21(20)17-28(22)25(27)31/h4-5,7-8,10-13,22H,2-3,6,9,14-17H2,1H3,(H,26,29). The number of fused-ring (bicyclic) bond motifs is 2. The van der Waals surface area contributed by atoms with Crippen molar-refractivity contribution < 1.29 is 14.4 Å². The number of hydrogen-bond donors (Lipinski definition) is 1. The van der Waals surface area contributed by atoms with E-state index >= 15 is 0 Å². The normalized spacial score (nSPS) is 17.5. The van der Waals surface area contributed by atoms with Crippen molar-refractivity contribution in [3.63, 3.8) is 0 Å². The number of aryl methyl sites for hydroxylation is 1. The lowest BCUT2D eigenvalue weighted by Gasteiger charge is -2.28. The van der Waals surface area contributed by atoms with Gasteiger partial charge >= 0.3 is 6.03 Å². The van der Waals surface area contributed by atoms with E-state index < -0.39 is 0 Å². The Labute approximate surface area is 183 Å². The predicted octanol–water partition coefficient (Wildman–Crippen LogP) is 3.56. The average molecular weight is 420 g/mol. The first-order chi connectivity index (χ1) is 15.0. The fraction of sp³-hybridized carbons (Fsp3) is 0.400. The van der Waals surface area contributed by atoms with Crippen LogP contribution in [-0.4, -0.2) is 40.2 Å². The number of rotatable bonds is 8. The molecule has 2 heterocycles. The zero-order valence-corrected chi connectivity index (χ0v) is 18.0. The number of nitrogens with one attached hydrogen (secondary N) is 1. The van der Waals surface area contributed by atoms with E-state index in [9.17, 15) is 14.4 Å². The highest BCUT2D eigenvalue weighted by atomic mass is 16.2. The van der Waals surface area contributed by atoms with Crippen molar-refractivity contribution in [1.29, 1.82) is 0 Å². The van der Waals surface area contributed by atoms with E-state index in [4.69, 9.17) is 0 Å². The lowest BCUT2D eigenvalue weighted by Crippen LogP contribution is -2.39. The molecule has 0 bridgehead atoms. The summed E-state index contributed by atoms with van der Waals surface area (Å²) >= 11 is 0. The molecule has 0 saturated carbocycles. The second kappa shape index (κ2) is 9.33. The molecule has 162 valence electrons. The molecule has 1 fully saturated rings. The lowest BCUT2D eigenvalue weighted by atomic mass is 9.95. The molecule has 6 nitrogen and oxygen atoms in total. The number of nitrogens with zero attached hydrogens (tertiary/aromatic N) is 2. The molecular weight excluding hydrogens is 390 g/mol. The van der Waals surface area contributed by atoms with Gasteiger partial charge in [0.05, 0.1) is 0 Å². The summed E-state index contributed by atoms with van der Waals surface area (Å²) in [5.41, 5.74) is 4.57. The number of amides is 4. The summed E-state index contributed by atoms with van der Waals surface area (Å²) in [4.78, 5) is 40.7. The van der Waals surface area contributed by atoms with Gasteiger partial charge in [0.15, 0.2) is 0 Å². The number of carbonyl (C=O) groups is 3. The Balaban J connectivity index is 1.17. The highest BCUT2D eigenvalue weighted by molar-refractivity contribution is 6.04. The van der Waals surface area contributed by atoms with E-state index in [1.807, 2.05) is 55.5 Å². The van der Waals surface area contributed by atoms with Crippen molar-refractivity contribution in [3.8, 4) is 0 Å². The second-order valence-electron chi connectivity index (χ2n) is 8.46. The summed E-state index contributed by atoms with van der Waals surface area (Å²) in [5.74, 6) is -0.0564. The zero-order valence-electron chi connectivity index (χ0n) is 18.0. The van der Waals surface area contributed by atoms with Crippen LogP contribution < -0.4 is 5.32 Å². The minimum absolute atomic E-state index is 0.0313. The largest absolute Gasteiger partial charge is 0.352 e. The third-order valence-corrected chi connectivity index (χ3v) is 6.17. The van der Waals surface area contributed by atoms with Crippen molar-refractivity contribution in [2.75, 3.05) is 6.54 Å². The van der Waals surface area contributed by atoms with Gasteiger partial charge < -0.3 is 10.2 Å². The number of hydrogen-bond acceptors (Lipinski definition) is 3. The van der Waals surface area contributed by atoms with Crippen LogP contribution in [0.2, 0.25) is 0 Å². The van der Waals surface area contributed by atoms with Crippen molar-refractivity contribution in [1.82, 2.24) is 15.1 Å². The van der Waals surface area contributed by atoms with E-state index in [1.54, 1.807) is 4.90 Å². The van der Waals surface area contributed by atoms with Crippen molar-refractivity contribution in [3.05, 3.63) is 70.8 Å². The molecule has 2 aliphatic rings. The molecule has 6 heteroatoms. The van der Waals surface area contributed by atoms with E-state index in [0.29, 0.717) is 32.5 Å². The highest BCUT2D eigenvalue weighted by Crippen LogP contribution is 2.30. The maximum atomic E-state index is 12.8. The quantitative estimate of drug-likeness (QED) is 0.525. The fourth-order valence-electron chi connectivity index (χ4n) is 4.31. The average Bonchev–Trinajstić information content (AvgIpc) is 3.01. The zero-order chi connectivity index (χ0) is 21.8. The minimum atomic E-state index is -0.366. The first-order valence-electron chi connectivity index (χ1n) is 11.0. The number of carbonyl (C=O) groups excluding carboxylic acids is 3. The summed E-state index contributed by atoms with van der Waals surface area (Å²) in [6.45, 7) is 3.50. The topological polar surface area (TPSA) is 69.7 Å². The van der Waals surface area contributed by atoms with Gasteiger partial charge in [-0.15, -0.1) is 0 Å². The third kappa shape index (κ3) is 4.79. The smallest absolute Gasteiger partial charge is 0.327 e. The maximum Gasteiger partial charge on any atom is 0.327 e. The molecule has 2 aromatic carbocycles. The van der Waals surface area contributed by atoms with Crippen LogP contribution in [0, 0.1) is 6.92 Å². The molecular formula is C25H29N3O3. The Morgan fingerprint density at radius 1 is 1.00 bits per heavy atom. The molecule has 1 N–H and O–H groups in total. The van der Waals surface area contributed by atoms with Crippen molar-refractivity contribution in [2.24, 2.45) is 0 Å². The summed E-state index contributed by atoms with van der Waals surface area (Å²) in [5, 5.41) is 2.94. The summed E-state index contributed by atoms with van der Waals surface area (Å²) in [7, 11) is 0. The van der Waals surface area contributed by atoms with Gasteiger partial charge in [-0.2, -0.15) is 0 Å². The van der Waals surface area contributed by atoms with Gasteiger partial charge in [-0.3, -0.25) is 14.5 Å². The highest BCUT2D eigenvalue weighted by Gasteiger charge is 2.46. The molecule has 0 spiro atoms. The Bertz CT molecular complexity index is 927. The second-order valence-corrected chi connectivity index (χ2v) is 8.46. The van der Waals surface area contributed by atoms with Gasteiger partial charge in [-0.1, -0.05) is 60.5 Å². The number of unbranched alkanes of at least 4 members (excludes halogenated alkanes) is 2. The lowest BCUT2D eigenvalue weighted by molar-refractivity contribution is -0.128. The SMILES string of the molecule is Cc1ccc(CNC(=O)CCCCCN2C(=O)C3Cc4ccccc4CN3C2=O)cc1. The summed E-state index contributed by atoms with van der Waals surface area (Å²) < 4.78 is 0. The van der Waals surface area contributed by atoms with Gasteiger partial charge in [-0.05, 0) is 36.5 Å². The Kier molecular flexibility index (Phi) is 6.35. The van der Waals surface area contributed by atoms with Crippen LogP contribution in [0.1, 0.15) is 47.9 Å². The molecule has 0 aromatic heterocycles. The van der Waals surface area contributed by atoms with Gasteiger partial charge in [0, 0.05) is 32.5 Å². The summed E-state index contributed by atoms with van der Waals surface area (Å²) in [6, 6.07) is 15.6. The third-order valence-electron chi connectivity index (χ3n) is 6.17.